The molecular formula is C8H16N4S. The number of aromatic nitrogens is 2. The van der Waals surface area contributed by atoms with Crippen LogP contribution in [0.5, 0.6) is 0 Å². The third-order valence-electron chi connectivity index (χ3n) is 1.92. The first-order valence-electron chi connectivity index (χ1n) is 4.48. The largest absolute Gasteiger partial charge is 0.310 e. The van der Waals surface area contributed by atoms with Crippen molar-refractivity contribution in [2.45, 2.75) is 13.5 Å². The summed E-state index contributed by atoms with van der Waals surface area (Å²) in [6, 6.07) is 0. The topological polar surface area (TPSA) is 41.0 Å². The fourth-order valence-corrected chi connectivity index (χ4v) is 1.36. The summed E-state index contributed by atoms with van der Waals surface area (Å²) in [5.41, 5.74) is 1.03. The minimum absolute atomic E-state index is 0.827. The van der Waals surface area contributed by atoms with E-state index >= 15 is 0 Å². The van der Waals surface area contributed by atoms with Gasteiger partial charge in [-0.05, 0) is 25.1 Å². The number of likely N-dealkylation sites (N-methyl/N-ethyl adjacent to an activating group) is 1. The van der Waals surface area contributed by atoms with Crippen LogP contribution in [0.3, 0.4) is 0 Å². The van der Waals surface area contributed by atoms with Crippen molar-refractivity contribution in [1.82, 2.24) is 19.8 Å². The van der Waals surface area contributed by atoms with Gasteiger partial charge in [0.2, 0.25) is 0 Å². The zero-order valence-electron chi connectivity index (χ0n) is 8.16. The van der Waals surface area contributed by atoms with Gasteiger partial charge in [-0.25, -0.2) is 0 Å². The van der Waals surface area contributed by atoms with Crippen molar-refractivity contribution < 1.29 is 0 Å². The third-order valence-corrected chi connectivity index (χ3v) is 2.47. The number of nitrogens with one attached hydrogen (secondary N) is 1. The second-order valence-electron chi connectivity index (χ2n) is 2.97. The molecule has 0 aliphatic rings. The molecule has 0 aliphatic heterocycles. The van der Waals surface area contributed by atoms with E-state index in [0.717, 1.165) is 31.9 Å². The van der Waals surface area contributed by atoms with E-state index in [9.17, 15) is 0 Å². The summed E-state index contributed by atoms with van der Waals surface area (Å²) in [7, 11) is 2.12. The van der Waals surface area contributed by atoms with Crippen LogP contribution in [-0.2, 0) is 6.54 Å². The van der Waals surface area contributed by atoms with Crippen molar-refractivity contribution in [1.29, 1.82) is 0 Å². The summed E-state index contributed by atoms with van der Waals surface area (Å²) in [5, 5.41) is 9.23. The molecule has 0 atom stereocenters. The maximum absolute atomic E-state index is 3.95. The van der Waals surface area contributed by atoms with Gasteiger partial charge in [-0.15, -0.1) is 5.10 Å². The normalized spacial score (nSPS) is 11.0. The molecule has 1 N–H and O–H groups in total. The van der Waals surface area contributed by atoms with E-state index in [0.29, 0.717) is 0 Å². The van der Waals surface area contributed by atoms with Gasteiger partial charge in [0, 0.05) is 25.0 Å². The number of hydrogen-bond acceptors (Lipinski definition) is 5. The number of rotatable bonds is 6. The molecule has 0 spiro atoms. The Morgan fingerprint density at radius 3 is 3.08 bits per heavy atom. The van der Waals surface area contributed by atoms with Gasteiger partial charge in [-0.1, -0.05) is 11.4 Å². The van der Waals surface area contributed by atoms with Gasteiger partial charge in [-0.2, -0.15) is 0 Å². The summed E-state index contributed by atoms with van der Waals surface area (Å²) in [6.45, 7) is 6.16. The molecule has 0 aliphatic carbocycles. The van der Waals surface area contributed by atoms with Gasteiger partial charge in [0.25, 0.3) is 0 Å². The third kappa shape index (κ3) is 4.31. The molecule has 1 rings (SSSR count). The molecule has 13 heavy (non-hydrogen) atoms. The lowest BCUT2D eigenvalue weighted by atomic mass is 10.4. The Morgan fingerprint density at radius 2 is 2.46 bits per heavy atom. The van der Waals surface area contributed by atoms with E-state index in [1.165, 1.54) is 11.5 Å². The van der Waals surface area contributed by atoms with Gasteiger partial charge in [0.1, 0.15) is 0 Å². The van der Waals surface area contributed by atoms with E-state index in [2.05, 4.69) is 33.8 Å². The number of hydrogen-bond donors (Lipinski definition) is 1. The highest BCUT2D eigenvalue weighted by molar-refractivity contribution is 7.03. The summed E-state index contributed by atoms with van der Waals surface area (Å²) in [6.07, 6.45) is 0. The van der Waals surface area contributed by atoms with Crippen LogP contribution in [0.1, 0.15) is 12.6 Å². The van der Waals surface area contributed by atoms with Crippen LogP contribution in [0.4, 0.5) is 0 Å². The molecule has 0 radical (unpaired) electrons. The zero-order valence-corrected chi connectivity index (χ0v) is 8.97. The van der Waals surface area contributed by atoms with Crippen molar-refractivity contribution >= 4 is 11.5 Å². The Kier molecular flexibility index (Phi) is 4.88. The van der Waals surface area contributed by atoms with Crippen molar-refractivity contribution in [2.75, 3.05) is 26.7 Å². The summed E-state index contributed by atoms with van der Waals surface area (Å²) >= 11 is 1.40. The number of nitrogens with zero attached hydrogens (tertiary/aromatic N) is 3. The molecule has 4 nitrogen and oxygen atoms in total. The van der Waals surface area contributed by atoms with Crippen LogP contribution in [-0.4, -0.2) is 41.2 Å². The van der Waals surface area contributed by atoms with Crippen molar-refractivity contribution in [3.63, 3.8) is 0 Å². The molecule has 0 amide bonds. The van der Waals surface area contributed by atoms with Gasteiger partial charge in [0.05, 0.1) is 5.69 Å². The van der Waals surface area contributed by atoms with E-state index < -0.39 is 0 Å². The van der Waals surface area contributed by atoms with Crippen LogP contribution >= 0.6 is 11.5 Å². The highest BCUT2D eigenvalue weighted by Crippen LogP contribution is 1.94. The van der Waals surface area contributed by atoms with Crippen LogP contribution in [0.25, 0.3) is 0 Å². The molecule has 5 heteroatoms. The maximum atomic E-state index is 3.95. The highest BCUT2D eigenvalue weighted by Gasteiger charge is 1.96. The summed E-state index contributed by atoms with van der Waals surface area (Å²) in [5.74, 6) is 0. The summed E-state index contributed by atoms with van der Waals surface area (Å²) in [4.78, 5) is 2.27. The van der Waals surface area contributed by atoms with Gasteiger partial charge in [0.15, 0.2) is 0 Å². The predicted octanol–water partition coefficient (Wildman–Crippen LogP) is 0.579. The fourth-order valence-electron chi connectivity index (χ4n) is 0.905. The average Bonchev–Trinajstić information content (AvgIpc) is 2.64. The second kappa shape index (κ2) is 6.01. The molecular weight excluding hydrogens is 184 g/mol. The van der Waals surface area contributed by atoms with E-state index in [4.69, 9.17) is 0 Å². The first kappa shape index (κ1) is 10.6. The SMILES string of the molecule is CCN(C)CCNCc1csnn1. The summed E-state index contributed by atoms with van der Waals surface area (Å²) < 4.78 is 3.79. The minimum Gasteiger partial charge on any atom is -0.310 e. The van der Waals surface area contributed by atoms with Gasteiger partial charge >= 0.3 is 0 Å². The monoisotopic (exact) mass is 200 g/mol. The van der Waals surface area contributed by atoms with Crippen LogP contribution in [0.15, 0.2) is 5.38 Å². The molecule has 1 heterocycles. The quantitative estimate of drug-likeness (QED) is 0.682. The zero-order chi connectivity index (χ0) is 9.52. The molecule has 0 saturated heterocycles. The molecule has 1 aromatic rings. The predicted molar refractivity (Wildman–Crippen MR) is 54.8 cm³/mol. The average molecular weight is 200 g/mol. The van der Waals surface area contributed by atoms with Crippen LogP contribution in [0, 0.1) is 0 Å². The first-order chi connectivity index (χ1) is 6.33. The van der Waals surface area contributed by atoms with Gasteiger partial charge < -0.3 is 10.2 Å². The second-order valence-corrected chi connectivity index (χ2v) is 3.58. The highest BCUT2D eigenvalue weighted by atomic mass is 32.1. The Bertz CT molecular complexity index is 212. The Morgan fingerprint density at radius 1 is 1.62 bits per heavy atom. The Hall–Kier alpha value is -0.520. The van der Waals surface area contributed by atoms with E-state index in [-0.39, 0.29) is 0 Å². The maximum Gasteiger partial charge on any atom is 0.0893 e. The molecule has 74 valence electrons. The lowest BCUT2D eigenvalue weighted by Gasteiger charge is -2.13. The fraction of sp³-hybridized carbons (Fsp3) is 0.750. The Balaban J connectivity index is 2.02. The first-order valence-corrected chi connectivity index (χ1v) is 5.31. The van der Waals surface area contributed by atoms with E-state index in [1.54, 1.807) is 0 Å². The van der Waals surface area contributed by atoms with Crippen molar-refractivity contribution in [3.05, 3.63) is 11.1 Å². The minimum atomic E-state index is 0.827. The lowest BCUT2D eigenvalue weighted by molar-refractivity contribution is 0.348. The smallest absolute Gasteiger partial charge is 0.0893 e. The van der Waals surface area contributed by atoms with Crippen LogP contribution in [0.2, 0.25) is 0 Å². The van der Waals surface area contributed by atoms with Crippen LogP contribution < -0.4 is 5.32 Å². The lowest BCUT2D eigenvalue weighted by Crippen LogP contribution is -2.28. The standard InChI is InChI=1S/C8H16N4S/c1-3-12(2)5-4-9-6-8-7-13-11-10-8/h7,9H,3-6H2,1-2H3. The molecule has 0 bridgehead atoms. The molecule has 1 aromatic heterocycles. The Labute approximate surface area is 83.1 Å². The molecule has 0 saturated carbocycles. The van der Waals surface area contributed by atoms with E-state index in [1.807, 2.05) is 5.38 Å². The molecule has 0 aromatic carbocycles. The molecule has 0 unspecified atom stereocenters. The van der Waals surface area contributed by atoms with Gasteiger partial charge in [-0.3, -0.25) is 0 Å². The van der Waals surface area contributed by atoms with Crippen molar-refractivity contribution in [3.8, 4) is 0 Å². The molecule has 0 fully saturated rings. The van der Waals surface area contributed by atoms with Crippen molar-refractivity contribution in [2.24, 2.45) is 0 Å².